The van der Waals surface area contributed by atoms with Crippen molar-refractivity contribution in [1.82, 2.24) is 0 Å². The third-order valence-electron chi connectivity index (χ3n) is 1.71. The van der Waals surface area contributed by atoms with Crippen LogP contribution in [0.4, 0.5) is 8.78 Å². The number of hydrogen-bond donors (Lipinski definition) is 2. The highest BCUT2D eigenvalue weighted by atomic mass is 19.1. The van der Waals surface area contributed by atoms with Gasteiger partial charge in [0.2, 0.25) is 0 Å². The molecule has 0 aromatic heterocycles. The second kappa shape index (κ2) is 4.59. The maximum absolute atomic E-state index is 13.5. The lowest BCUT2D eigenvalue weighted by Crippen LogP contribution is -2.33. The van der Waals surface area contributed by atoms with E-state index in [2.05, 4.69) is 0 Å². The topological polar surface area (TPSA) is 49.7 Å². The van der Waals surface area contributed by atoms with Gasteiger partial charge in [0.25, 0.3) is 0 Å². The Morgan fingerprint density at radius 1 is 1.27 bits per heavy atom. The Balaban J connectivity index is 3.18. The highest BCUT2D eigenvalue weighted by Gasteiger charge is 2.23. The molecule has 0 saturated heterocycles. The van der Waals surface area contributed by atoms with Crippen LogP contribution < -0.4 is 10.2 Å². The molecule has 82 valence electrons. The molecule has 2 N–H and O–H groups in total. The average molecular weight is 216 g/mol. The van der Waals surface area contributed by atoms with Crippen LogP contribution >= 0.6 is 0 Å². The summed E-state index contributed by atoms with van der Waals surface area (Å²) >= 11 is 0. The molecule has 0 unspecified atom stereocenters. The van der Waals surface area contributed by atoms with Crippen LogP contribution in [-0.4, -0.2) is 23.3 Å². The lowest BCUT2D eigenvalue weighted by molar-refractivity contribution is 0.220. The molecule has 0 saturated carbocycles. The van der Waals surface area contributed by atoms with Gasteiger partial charge in [-0.25, -0.2) is 8.78 Å². The fourth-order valence-electron chi connectivity index (χ4n) is 1.09. The molecule has 0 aliphatic rings. The Morgan fingerprint density at radius 3 is 2.33 bits per heavy atom. The Morgan fingerprint density at radius 2 is 1.87 bits per heavy atom. The minimum absolute atomic E-state index is 0.403. The van der Waals surface area contributed by atoms with E-state index in [4.69, 9.17) is 14.8 Å². The van der Waals surface area contributed by atoms with Gasteiger partial charge in [-0.05, 0) is 19.9 Å². The maximum atomic E-state index is 13.5. The summed E-state index contributed by atoms with van der Waals surface area (Å²) in [5.74, 6) is -2.54. The lowest BCUT2D eigenvalue weighted by atomic mass is 9.80. The molecule has 1 rings (SSSR count). The first-order valence-electron chi connectivity index (χ1n) is 4.44. The van der Waals surface area contributed by atoms with E-state index in [1.54, 1.807) is 13.8 Å². The van der Waals surface area contributed by atoms with Crippen molar-refractivity contribution in [2.75, 3.05) is 0 Å². The molecule has 6 heteroatoms. The molecule has 0 aliphatic carbocycles. The minimum Gasteiger partial charge on any atom is -0.485 e. The zero-order valence-electron chi connectivity index (χ0n) is 8.37. The summed E-state index contributed by atoms with van der Waals surface area (Å²) in [6.45, 7) is 3.22. The summed E-state index contributed by atoms with van der Waals surface area (Å²) in [6, 6.07) is 1.89. The molecule has 15 heavy (non-hydrogen) atoms. The summed E-state index contributed by atoms with van der Waals surface area (Å²) in [6.07, 6.45) is -0.403. The number of ether oxygens (including phenoxy) is 1. The van der Waals surface area contributed by atoms with Gasteiger partial charge in [-0.3, -0.25) is 0 Å². The van der Waals surface area contributed by atoms with E-state index in [-0.39, 0.29) is 0 Å². The lowest BCUT2D eigenvalue weighted by Gasteiger charge is -2.13. The fraction of sp³-hybridized carbons (Fsp3) is 0.333. The predicted octanol–water partition coefficient (Wildman–Crippen LogP) is 0.432. The number of benzene rings is 1. The Labute approximate surface area is 86.5 Å². The molecule has 1 aromatic carbocycles. The van der Waals surface area contributed by atoms with Gasteiger partial charge in [0.05, 0.1) is 6.10 Å². The van der Waals surface area contributed by atoms with Crippen molar-refractivity contribution in [2.24, 2.45) is 0 Å². The molecule has 0 atom stereocenters. The van der Waals surface area contributed by atoms with Crippen molar-refractivity contribution in [1.29, 1.82) is 0 Å². The summed E-state index contributed by atoms with van der Waals surface area (Å²) in [5.41, 5.74) is -0.410. The van der Waals surface area contributed by atoms with E-state index < -0.39 is 36.1 Å². The highest BCUT2D eigenvalue weighted by Crippen LogP contribution is 2.21. The van der Waals surface area contributed by atoms with Gasteiger partial charge in [-0.2, -0.15) is 0 Å². The maximum Gasteiger partial charge on any atom is 0.491 e. The Kier molecular flexibility index (Phi) is 3.65. The monoisotopic (exact) mass is 216 g/mol. The largest absolute Gasteiger partial charge is 0.491 e. The first-order chi connectivity index (χ1) is 6.93. The quantitative estimate of drug-likeness (QED) is 0.720. The summed E-state index contributed by atoms with van der Waals surface area (Å²) in [7, 11) is -1.99. The first kappa shape index (κ1) is 11.9. The summed E-state index contributed by atoms with van der Waals surface area (Å²) < 4.78 is 31.5. The van der Waals surface area contributed by atoms with Crippen LogP contribution in [0, 0.1) is 11.6 Å². The second-order valence-corrected chi connectivity index (χ2v) is 3.32. The van der Waals surface area contributed by atoms with Crippen LogP contribution in [0.25, 0.3) is 0 Å². The zero-order chi connectivity index (χ0) is 11.6. The number of hydrogen-bond acceptors (Lipinski definition) is 3. The van der Waals surface area contributed by atoms with Crippen LogP contribution in [0.15, 0.2) is 12.1 Å². The van der Waals surface area contributed by atoms with E-state index in [0.717, 1.165) is 12.1 Å². The Hall–Kier alpha value is -1.14. The van der Waals surface area contributed by atoms with Crippen molar-refractivity contribution >= 4 is 12.6 Å². The van der Waals surface area contributed by atoms with E-state index in [9.17, 15) is 8.78 Å². The standard InChI is InChI=1S/C9H11BF2O3/c1-5(2)15-9-7(11)4-3-6(8(9)12)10(13)14/h3-5,13-14H,1-2H3. The van der Waals surface area contributed by atoms with Crippen LogP contribution in [0.2, 0.25) is 0 Å². The molecule has 0 amide bonds. The molecule has 0 spiro atoms. The van der Waals surface area contributed by atoms with E-state index >= 15 is 0 Å². The van der Waals surface area contributed by atoms with Gasteiger partial charge >= 0.3 is 7.12 Å². The molecular formula is C9H11BF2O3. The molecule has 0 fully saturated rings. The molecule has 3 nitrogen and oxygen atoms in total. The predicted molar refractivity (Wildman–Crippen MR) is 51.9 cm³/mol. The van der Waals surface area contributed by atoms with Crippen LogP contribution in [-0.2, 0) is 0 Å². The highest BCUT2D eigenvalue weighted by molar-refractivity contribution is 6.58. The molecule has 0 aliphatic heterocycles. The van der Waals surface area contributed by atoms with Crippen molar-refractivity contribution in [3.63, 3.8) is 0 Å². The third kappa shape index (κ3) is 2.67. The molecule has 0 bridgehead atoms. The third-order valence-corrected chi connectivity index (χ3v) is 1.71. The van der Waals surface area contributed by atoms with Gasteiger partial charge in [0, 0.05) is 5.46 Å². The van der Waals surface area contributed by atoms with Crippen molar-refractivity contribution in [3.8, 4) is 5.75 Å². The van der Waals surface area contributed by atoms with Crippen LogP contribution in [0.3, 0.4) is 0 Å². The summed E-state index contributed by atoms with van der Waals surface area (Å²) in [5, 5.41) is 17.6. The molecule has 1 aromatic rings. The second-order valence-electron chi connectivity index (χ2n) is 3.32. The minimum atomic E-state index is -1.99. The van der Waals surface area contributed by atoms with Gasteiger partial charge in [0.1, 0.15) is 0 Å². The normalized spacial score (nSPS) is 10.6. The van der Waals surface area contributed by atoms with Gasteiger partial charge in [-0.15, -0.1) is 0 Å². The van der Waals surface area contributed by atoms with Gasteiger partial charge in [-0.1, -0.05) is 6.07 Å². The van der Waals surface area contributed by atoms with E-state index in [1.165, 1.54) is 0 Å². The number of rotatable bonds is 3. The first-order valence-corrected chi connectivity index (χ1v) is 4.44. The SMILES string of the molecule is CC(C)Oc1c(F)ccc(B(O)O)c1F. The van der Waals surface area contributed by atoms with Crippen LogP contribution in [0.1, 0.15) is 13.8 Å². The van der Waals surface area contributed by atoms with Crippen molar-refractivity contribution < 1.29 is 23.6 Å². The van der Waals surface area contributed by atoms with Gasteiger partial charge in [0.15, 0.2) is 17.4 Å². The Bertz CT molecular complexity index is 355. The molecular weight excluding hydrogens is 205 g/mol. The van der Waals surface area contributed by atoms with Crippen molar-refractivity contribution in [2.45, 2.75) is 20.0 Å². The van der Waals surface area contributed by atoms with Crippen LogP contribution in [0.5, 0.6) is 5.75 Å². The summed E-state index contributed by atoms with van der Waals surface area (Å²) in [4.78, 5) is 0. The average Bonchev–Trinajstić information content (AvgIpc) is 2.11. The van der Waals surface area contributed by atoms with E-state index in [1.807, 2.05) is 0 Å². The van der Waals surface area contributed by atoms with Gasteiger partial charge < -0.3 is 14.8 Å². The van der Waals surface area contributed by atoms with E-state index in [0.29, 0.717) is 0 Å². The van der Waals surface area contributed by atoms with Crippen molar-refractivity contribution in [3.05, 3.63) is 23.8 Å². The zero-order valence-corrected chi connectivity index (χ0v) is 8.37. The number of halogens is 2. The molecule has 0 radical (unpaired) electrons. The molecule has 0 heterocycles. The fourth-order valence-corrected chi connectivity index (χ4v) is 1.09. The smallest absolute Gasteiger partial charge is 0.485 e.